The van der Waals surface area contributed by atoms with E-state index in [1.165, 1.54) is 6.07 Å². The van der Waals surface area contributed by atoms with E-state index in [9.17, 15) is 10.1 Å². The van der Waals surface area contributed by atoms with Gasteiger partial charge in [-0.1, -0.05) is 18.2 Å². The summed E-state index contributed by atoms with van der Waals surface area (Å²) in [5.74, 6) is 0.836. The lowest BCUT2D eigenvalue weighted by Crippen LogP contribution is -2.06. The molecule has 0 fully saturated rings. The highest BCUT2D eigenvalue weighted by Gasteiger charge is 2.14. The van der Waals surface area contributed by atoms with Crippen LogP contribution in [0.5, 0.6) is 5.75 Å². The Hall–Kier alpha value is -3.07. The molecule has 0 radical (unpaired) electrons. The molecule has 2 aromatic carbocycles. The molecule has 0 aliphatic carbocycles. The molecule has 0 aliphatic heterocycles. The minimum Gasteiger partial charge on any atom is -0.494 e. The highest BCUT2D eigenvalue weighted by atomic mass is 16.6. The van der Waals surface area contributed by atoms with Crippen molar-refractivity contribution in [3.8, 4) is 11.8 Å². The van der Waals surface area contributed by atoms with Crippen LogP contribution in [-0.2, 0) is 0 Å². The van der Waals surface area contributed by atoms with Crippen molar-refractivity contribution in [3.05, 3.63) is 64.2 Å². The third-order valence-corrected chi connectivity index (χ3v) is 3.22. The Bertz CT molecular complexity index is 696. The number of ether oxygens (including phenoxy) is 1. The van der Waals surface area contributed by atoms with Gasteiger partial charge in [0.2, 0.25) is 0 Å². The molecule has 23 heavy (non-hydrogen) atoms. The molecule has 6 nitrogen and oxygen atoms in total. The Balaban J connectivity index is 1.76. The zero-order chi connectivity index (χ0) is 16.5. The molecule has 0 aliphatic rings. The Kier molecular flexibility index (Phi) is 5.95. The summed E-state index contributed by atoms with van der Waals surface area (Å²) in [7, 11) is 0. The first kappa shape index (κ1) is 16.3. The lowest BCUT2D eigenvalue weighted by atomic mass is 10.2. The second-order valence-electron chi connectivity index (χ2n) is 4.90. The number of hydrogen-bond donors (Lipinski definition) is 1. The van der Waals surface area contributed by atoms with E-state index in [4.69, 9.17) is 10.00 Å². The summed E-state index contributed by atoms with van der Waals surface area (Å²) in [6, 6.07) is 15.9. The van der Waals surface area contributed by atoms with Gasteiger partial charge in [0.05, 0.1) is 23.2 Å². The molecule has 0 heterocycles. The van der Waals surface area contributed by atoms with Crippen LogP contribution < -0.4 is 10.1 Å². The van der Waals surface area contributed by atoms with Crippen molar-refractivity contribution in [2.75, 3.05) is 18.5 Å². The third kappa shape index (κ3) is 5.00. The molecule has 0 spiro atoms. The average Bonchev–Trinajstić information content (AvgIpc) is 2.58. The lowest BCUT2D eigenvalue weighted by Gasteiger charge is -2.08. The number of unbranched alkanes of at least 4 members (excludes halogenated alkanes) is 1. The monoisotopic (exact) mass is 311 g/mol. The molecule has 0 bridgehead atoms. The first-order valence-corrected chi connectivity index (χ1v) is 7.31. The van der Waals surface area contributed by atoms with Crippen LogP contribution in [0.4, 0.5) is 11.4 Å². The van der Waals surface area contributed by atoms with Crippen molar-refractivity contribution in [2.45, 2.75) is 12.8 Å². The van der Waals surface area contributed by atoms with Crippen LogP contribution in [-0.4, -0.2) is 18.1 Å². The summed E-state index contributed by atoms with van der Waals surface area (Å²) in [5.41, 5.74) is 0.626. The molecule has 1 N–H and O–H groups in total. The normalized spacial score (nSPS) is 9.87. The standard InChI is InChI=1S/C17H17N3O3/c18-13-14-8-9-16(17(12-14)20(21)22)19-10-4-5-11-23-15-6-2-1-3-7-15/h1-3,6-9,12,19H,4-5,10-11H2. The summed E-state index contributed by atoms with van der Waals surface area (Å²) in [6.45, 7) is 1.20. The highest BCUT2D eigenvalue weighted by Crippen LogP contribution is 2.25. The number of nitro groups is 1. The van der Waals surface area contributed by atoms with E-state index in [0.717, 1.165) is 18.6 Å². The van der Waals surface area contributed by atoms with Crippen LogP contribution in [0.15, 0.2) is 48.5 Å². The number of hydrogen-bond acceptors (Lipinski definition) is 5. The number of nitriles is 1. The fourth-order valence-corrected chi connectivity index (χ4v) is 2.06. The maximum atomic E-state index is 11.0. The second-order valence-corrected chi connectivity index (χ2v) is 4.90. The molecule has 0 amide bonds. The largest absolute Gasteiger partial charge is 0.494 e. The van der Waals surface area contributed by atoms with Gasteiger partial charge in [-0.05, 0) is 37.1 Å². The van der Waals surface area contributed by atoms with Gasteiger partial charge in [-0.3, -0.25) is 10.1 Å². The van der Waals surface area contributed by atoms with E-state index < -0.39 is 4.92 Å². The minimum absolute atomic E-state index is 0.0791. The SMILES string of the molecule is N#Cc1ccc(NCCCCOc2ccccc2)c([N+](=O)[O-])c1. The van der Waals surface area contributed by atoms with Gasteiger partial charge in [0, 0.05) is 12.6 Å². The first-order valence-electron chi connectivity index (χ1n) is 7.31. The van der Waals surface area contributed by atoms with E-state index in [-0.39, 0.29) is 11.3 Å². The Morgan fingerprint density at radius 1 is 1.17 bits per heavy atom. The summed E-state index contributed by atoms with van der Waals surface area (Å²) in [5, 5.41) is 22.9. The van der Waals surface area contributed by atoms with Gasteiger partial charge in [-0.15, -0.1) is 0 Å². The molecule has 0 unspecified atom stereocenters. The summed E-state index contributed by atoms with van der Waals surface area (Å²) >= 11 is 0. The van der Waals surface area contributed by atoms with Crippen LogP contribution in [0, 0.1) is 21.4 Å². The van der Waals surface area contributed by atoms with Gasteiger partial charge in [0.1, 0.15) is 11.4 Å². The second kappa shape index (κ2) is 8.39. The van der Waals surface area contributed by atoms with Crippen molar-refractivity contribution < 1.29 is 9.66 Å². The Morgan fingerprint density at radius 2 is 1.96 bits per heavy atom. The number of nitrogens with zero attached hydrogens (tertiary/aromatic N) is 2. The van der Waals surface area contributed by atoms with Crippen LogP contribution in [0.3, 0.4) is 0 Å². The van der Waals surface area contributed by atoms with Crippen LogP contribution in [0.25, 0.3) is 0 Å². The van der Waals surface area contributed by atoms with E-state index in [1.54, 1.807) is 12.1 Å². The molecule has 0 atom stereocenters. The number of anilines is 1. The molecular weight excluding hydrogens is 294 g/mol. The molecule has 118 valence electrons. The van der Waals surface area contributed by atoms with Crippen LogP contribution in [0.2, 0.25) is 0 Å². The minimum atomic E-state index is -0.484. The van der Waals surface area contributed by atoms with E-state index in [1.807, 2.05) is 36.4 Å². The zero-order valence-corrected chi connectivity index (χ0v) is 12.6. The molecule has 2 rings (SSSR count). The number of rotatable bonds is 8. The predicted molar refractivity (Wildman–Crippen MR) is 87.5 cm³/mol. The molecule has 0 aromatic heterocycles. The lowest BCUT2D eigenvalue weighted by molar-refractivity contribution is -0.384. The first-order chi connectivity index (χ1) is 11.2. The molecule has 6 heteroatoms. The van der Waals surface area contributed by atoms with E-state index >= 15 is 0 Å². The van der Waals surface area contributed by atoms with Gasteiger partial charge >= 0.3 is 0 Å². The quantitative estimate of drug-likeness (QED) is 0.456. The van der Waals surface area contributed by atoms with Gasteiger partial charge in [0.15, 0.2) is 0 Å². The smallest absolute Gasteiger partial charge is 0.293 e. The highest BCUT2D eigenvalue weighted by molar-refractivity contribution is 5.63. The average molecular weight is 311 g/mol. The maximum Gasteiger partial charge on any atom is 0.293 e. The van der Waals surface area contributed by atoms with Gasteiger partial charge in [0.25, 0.3) is 5.69 Å². The van der Waals surface area contributed by atoms with E-state index in [2.05, 4.69) is 5.32 Å². The van der Waals surface area contributed by atoms with Crippen molar-refractivity contribution in [2.24, 2.45) is 0 Å². The van der Waals surface area contributed by atoms with E-state index in [0.29, 0.717) is 18.8 Å². The molecule has 0 saturated heterocycles. The summed E-state index contributed by atoms with van der Waals surface area (Å²) < 4.78 is 5.58. The van der Waals surface area contributed by atoms with Crippen LogP contribution >= 0.6 is 0 Å². The van der Waals surface area contributed by atoms with Crippen LogP contribution in [0.1, 0.15) is 18.4 Å². The number of para-hydroxylation sites is 1. The molecular formula is C17H17N3O3. The van der Waals surface area contributed by atoms with Gasteiger partial charge in [-0.2, -0.15) is 5.26 Å². The fraction of sp³-hybridized carbons (Fsp3) is 0.235. The number of nitro benzene ring substituents is 1. The van der Waals surface area contributed by atoms with Gasteiger partial charge < -0.3 is 10.1 Å². The van der Waals surface area contributed by atoms with Gasteiger partial charge in [-0.25, -0.2) is 0 Å². The Labute approximate surface area is 134 Å². The zero-order valence-electron chi connectivity index (χ0n) is 12.6. The predicted octanol–water partition coefficient (Wildman–Crippen LogP) is 3.74. The van der Waals surface area contributed by atoms with Crippen molar-refractivity contribution in [1.82, 2.24) is 0 Å². The summed E-state index contributed by atoms with van der Waals surface area (Å²) in [4.78, 5) is 10.5. The molecule has 0 saturated carbocycles. The molecule has 2 aromatic rings. The van der Waals surface area contributed by atoms with Crippen molar-refractivity contribution >= 4 is 11.4 Å². The Morgan fingerprint density at radius 3 is 2.65 bits per heavy atom. The number of nitrogens with one attached hydrogen (secondary N) is 1. The fourth-order valence-electron chi connectivity index (χ4n) is 2.06. The van der Waals surface area contributed by atoms with Crippen molar-refractivity contribution in [1.29, 1.82) is 5.26 Å². The summed E-state index contributed by atoms with van der Waals surface area (Å²) in [6.07, 6.45) is 1.66. The topological polar surface area (TPSA) is 88.2 Å². The van der Waals surface area contributed by atoms with Crippen molar-refractivity contribution in [3.63, 3.8) is 0 Å². The maximum absolute atomic E-state index is 11.0. The number of benzene rings is 2. The third-order valence-electron chi connectivity index (χ3n) is 3.22.